The van der Waals surface area contributed by atoms with Crippen molar-refractivity contribution < 1.29 is 4.79 Å². The van der Waals surface area contributed by atoms with Crippen LogP contribution in [-0.2, 0) is 0 Å². The molecule has 1 aromatic carbocycles. The Bertz CT molecular complexity index is 313. The number of nitrogens with zero attached hydrogens (tertiary/aromatic N) is 1. The molecular weight excluding hydrogens is 269 g/mol. The van der Waals surface area contributed by atoms with Crippen molar-refractivity contribution in [3.05, 3.63) is 33.4 Å². The number of benzene rings is 1. The predicted octanol–water partition coefficient (Wildman–Crippen LogP) is 1.97. The first-order valence-electron chi connectivity index (χ1n) is 3.16. The molecule has 1 rings (SSSR count). The third-order valence-corrected chi connectivity index (χ3v) is 1.92. The van der Waals surface area contributed by atoms with Crippen molar-refractivity contribution >= 4 is 28.5 Å². The molecule has 0 atom stereocenters. The van der Waals surface area contributed by atoms with E-state index in [1.54, 1.807) is 18.2 Å². The van der Waals surface area contributed by atoms with E-state index in [-0.39, 0.29) is 5.91 Å². The predicted molar refractivity (Wildman–Crippen MR) is 51.8 cm³/mol. The molecular formula is C7H6IN3O. The first-order chi connectivity index (χ1) is 5.74. The van der Waals surface area contributed by atoms with E-state index in [2.05, 4.69) is 27.8 Å². The van der Waals surface area contributed by atoms with Gasteiger partial charge in [0.1, 0.15) is 0 Å². The summed E-state index contributed by atoms with van der Waals surface area (Å²) in [4.78, 5) is 11.1. The third kappa shape index (κ3) is 2.26. The Kier molecular flexibility index (Phi) is 3.15. The highest BCUT2D eigenvalue weighted by Gasteiger charge is 2.02. The van der Waals surface area contributed by atoms with E-state index in [0.717, 1.165) is 3.57 Å². The van der Waals surface area contributed by atoms with Crippen LogP contribution in [0.4, 0.5) is 0 Å². The van der Waals surface area contributed by atoms with Gasteiger partial charge >= 0.3 is 0 Å². The van der Waals surface area contributed by atoms with Gasteiger partial charge in [0.2, 0.25) is 0 Å². The highest BCUT2D eigenvalue weighted by molar-refractivity contribution is 14.1. The van der Waals surface area contributed by atoms with Crippen LogP contribution in [0, 0.1) is 9.10 Å². The zero-order valence-electron chi connectivity index (χ0n) is 6.04. The SMILES string of the molecule is N=NNC(=O)c1cccc(I)c1. The Hall–Kier alpha value is -0.980. The second-order valence-corrected chi connectivity index (χ2v) is 3.31. The molecule has 4 nitrogen and oxygen atoms in total. The summed E-state index contributed by atoms with van der Waals surface area (Å²) in [6.07, 6.45) is 0. The van der Waals surface area contributed by atoms with Gasteiger partial charge in [-0.15, -0.1) is 0 Å². The molecule has 0 saturated heterocycles. The van der Waals surface area contributed by atoms with Crippen LogP contribution in [0.3, 0.4) is 0 Å². The maximum absolute atomic E-state index is 11.1. The van der Waals surface area contributed by atoms with E-state index in [4.69, 9.17) is 5.53 Å². The third-order valence-electron chi connectivity index (χ3n) is 1.24. The normalized spacial score (nSPS) is 9.08. The van der Waals surface area contributed by atoms with Gasteiger partial charge in [-0.2, -0.15) is 5.53 Å². The highest BCUT2D eigenvalue weighted by atomic mass is 127. The van der Waals surface area contributed by atoms with Gasteiger partial charge < -0.3 is 0 Å². The molecule has 0 radical (unpaired) electrons. The highest BCUT2D eigenvalue weighted by Crippen LogP contribution is 2.07. The fraction of sp³-hybridized carbons (Fsp3) is 0. The van der Waals surface area contributed by atoms with Crippen molar-refractivity contribution in [2.24, 2.45) is 5.22 Å². The summed E-state index contributed by atoms with van der Waals surface area (Å²) in [6, 6.07) is 7.06. The van der Waals surface area contributed by atoms with E-state index < -0.39 is 0 Å². The topological polar surface area (TPSA) is 65.3 Å². The van der Waals surface area contributed by atoms with Crippen LogP contribution in [0.25, 0.3) is 0 Å². The summed E-state index contributed by atoms with van der Waals surface area (Å²) in [5.74, 6) is -0.358. The van der Waals surface area contributed by atoms with E-state index in [1.807, 2.05) is 11.5 Å². The van der Waals surface area contributed by atoms with Crippen molar-refractivity contribution in [2.75, 3.05) is 0 Å². The summed E-state index contributed by atoms with van der Waals surface area (Å²) < 4.78 is 0.977. The second-order valence-electron chi connectivity index (χ2n) is 2.06. The molecule has 0 spiro atoms. The minimum absolute atomic E-state index is 0.358. The lowest BCUT2D eigenvalue weighted by atomic mass is 10.2. The van der Waals surface area contributed by atoms with E-state index in [1.165, 1.54) is 0 Å². The van der Waals surface area contributed by atoms with Gasteiger partial charge in [0.25, 0.3) is 5.91 Å². The monoisotopic (exact) mass is 275 g/mol. The summed E-state index contributed by atoms with van der Waals surface area (Å²) in [6.45, 7) is 0. The molecule has 62 valence electrons. The van der Waals surface area contributed by atoms with Crippen LogP contribution in [0.1, 0.15) is 10.4 Å². The minimum Gasteiger partial charge on any atom is -0.267 e. The molecule has 1 aromatic rings. The van der Waals surface area contributed by atoms with Crippen LogP contribution in [0.5, 0.6) is 0 Å². The van der Waals surface area contributed by atoms with Crippen molar-refractivity contribution in [3.63, 3.8) is 0 Å². The van der Waals surface area contributed by atoms with E-state index in [0.29, 0.717) is 5.56 Å². The van der Waals surface area contributed by atoms with Gasteiger partial charge in [0.05, 0.1) is 0 Å². The smallest absolute Gasteiger partial charge is 0.267 e. The van der Waals surface area contributed by atoms with Crippen LogP contribution in [-0.4, -0.2) is 5.91 Å². The van der Waals surface area contributed by atoms with Gasteiger partial charge in [-0.25, -0.2) is 5.43 Å². The number of hydrogen-bond acceptors (Lipinski definition) is 3. The van der Waals surface area contributed by atoms with Gasteiger partial charge in [0.15, 0.2) is 0 Å². The van der Waals surface area contributed by atoms with Crippen LogP contribution in [0.15, 0.2) is 29.5 Å². The number of rotatable bonds is 2. The maximum Gasteiger partial charge on any atom is 0.272 e. The lowest BCUT2D eigenvalue weighted by Gasteiger charge is -1.97. The first-order valence-corrected chi connectivity index (χ1v) is 4.24. The lowest BCUT2D eigenvalue weighted by molar-refractivity contribution is 0.0950. The lowest BCUT2D eigenvalue weighted by Crippen LogP contribution is -2.16. The summed E-state index contributed by atoms with van der Waals surface area (Å²) in [7, 11) is 0. The molecule has 0 aliphatic rings. The summed E-state index contributed by atoms with van der Waals surface area (Å²) in [5, 5.41) is 2.79. The quantitative estimate of drug-likeness (QED) is 0.483. The Morgan fingerprint density at radius 2 is 2.33 bits per heavy atom. The van der Waals surface area contributed by atoms with Gasteiger partial charge in [0, 0.05) is 9.13 Å². The van der Waals surface area contributed by atoms with Crippen LogP contribution < -0.4 is 5.43 Å². The van der Waals surface area contributed by atoms with Crippen LogP contribution >= 0.6 is 22.6 Å². The van der Waals surface area contributed by atoms with Crippen molar-refractivity contribution in [3.8, 4) is 0 Å². The molecule has 0 fully saturated rings. The summed E-state index contributed by atoms with van der Waals surface area (Å²) in [5.41, 5.74) is 8.98. The Labute approximate surface area is 83.0 Å². The molecule has 1 amide bonds. The molecule has 0 aliphatic carbocycles. The molecule has 0 aromatic heterocycles. The Balaban J connectivity index is 2.87. The largest absolute Gasteiger partial charge is 0.272 e. The fourth-order valence-corrected chi connectivity index (χ4v) is 1.29. The molecule has 0 saturated carbocycles. The zero-order valence-corrected chi connectivity index (χ0v) is 8.20. The number of amides is 1. The van der Waals surface area contributed by atoms with E-state index in [9.17, 15) is 4.79 Å². The standard InChI is InChI=1S/C7H6IN3O/c8-6-3-1-2-5(4-6)7(12)10-11-9/h1-4H,(H2,9,10,12). The van der Waals surface area contributed by atoms with Gasteiger partial charge in [-0.05, 0) is 40.8 Å². The van der Waals surface area contributed by atoms with Crippen molar-refractivity contribution in [1.82, 2.24) is 5.43 Å². The zero-order chi connectivity index (χ0) is 8.97. The molecule has 5 heteroatoms. The van der Waals surface area contributed by atoms with Crippen LogP contribution in [0.2, 0.25) is 0 Å². The number of hydrogen-bond donors (Lipinski definition) is 2. The number of halogens is 1. The average molecular weight is 275 g/mol. The van der Waals surface area contributed by atoms with Crippen molar-refractivity contribution in [1.29, 1.82) is 5.53 Å². The first kappa shape index (κ1) is 9.11. The Morgan fingerprint density at radius 3 is 2.92 bits per heavy atom. The molecule has 0 bridgehead atoms. The fourth-order valence-electron chi connectivity index (χ4n) is 0.745. The van der Waals surface area contributed by atoms with Gasteiger partial charge in [-0.1, -0.05) is 11.3 Å². The second kappa shape index (κ2) is 4.15. The van der Waals surface area contributed by atoms with Gasteiger partial charge in [-0.3, -0.25) is 4.79 Å². The minimum atomic E-state index is -0.358. The molecule has 0 unspecified atom stereocenters. The number of nitrogens with one attached hydrogen (secondary N) is 2. The Morgan fingerprint density at radius 1 is 1.58 bits per heavy atom. The van der Waals surface area contributed by atoms with Crippen molar-refractivity contribution in [2.45, 2.75) is 0 Å². The maximum atomic E-state index is 11.1. The number of carbonyl (C=O) groups is 1. The molecule has 0 heterocycles. The molecule has 0 aliphatic heterocycles. The molecule has 12 heavy (non-hydrogen) atoms. The van der Waals surface area contributed by atoms with E-state index >= 15 is 0 Å². The molecule has 2 N–H and O–H groups in total. The summed E-state index contributed by atoms with van der Waals surface area (Å²) >= 11 is 2.11. The average Bonchev–Trinajstić information content (AvgIpc) is 2.05. The number of carbonyl (C=O) groups excluding carboxylic acids is 1.